The molecule has 1 N–H and O–H groups in total. The molecule has 0 fully saturated rings. The molecule has 0 saturated heterocycles. The maximum Gasteiger partial charge on any atom is 0.319 e. The number of carboxylic acid groups (broad SMARTS) is 1. The van der Waals surface area contributed by atoms with Gasteiger partial charge in [0, 0.05) is 0 Å². The van der Waals surface area contributed by atoms with Gasteiger partial charge >= 0.3 is 11.7 Å². The summed E-state index contributed by atoms with van der Waals surface area (Å²) < 4.78 is -0.432. The minimum Gasteiger partial charge on any atom is -0.480 e. The molecule has 0 bridgehead atoms. The van der Waals surface area contributed by atoms with E-state index in [4.69, 9.17) is 5.11 Å². The molecule has 1 aromatic carbocycles. The molecule has 0 aliphatic rings. The second kappa shape index (κ2) is 4.78. The van der Waals surface area contributed by atoms with Crippen molar-refractivity contribution in [1.82, 2.24) is 4.98 Å². The van der Waals surface area contributed by atoms with E-state index in [0.29, 0.717) is 15.1 Å². The Hall–Kier alpha value is -1.67. The number of aromatic nitrogens is 1. The van der Waals surface area contributed by atoms with E-state index in [-0.39, 0.29) is 5.69 Å². The number of benzene rings is 1. The molecular formula is C11H10N2O4S2. The highest BCUT2D eigenvalue weighted by Gasteiger charge is 2.32. The zero-order chi connectivity index (χ0) is 14.2. The molecule has 2 rings (SSSR count). The summed E-state index contributed by atoms with van der Waals surface area (Å²) in [5.74, 6) is -1.02. The first-order chi connectivity index (χ1) is 8.83. The van der Waals surface area contributed by atoms with Gasteiger partial charge < -0.3 is 5.11 Å². The fraction of sp³-hybridized carbons (Fsp3) is 0.273. The van der Waals surface area contributed by atoms with Crippen LogP contribution in [0.4, 0.5) is 5.69 Å². The van der Waals surface area contributed by atoms with E-state index >= 15 is 0 Å². The zero-order valence-electron chi connectivity index (χ0n) is 10.1. The molecule has 0 aliphatic heterocycles. The van der Waals surface area contributed by atoms with Crippen LogP contribution in [0, 0.1) is 10.1 Å². The number of nitrogens with zero attached hydrogens (tertiary/aromatic N) is 2. The van der Waals surface area contributed by atoms with Crippen LogP contribution in [0.15, 0.2) is 22.5 Å². The number of carboxylic acids is 1. The number of thioether (sulfide) groups is 1. The van der Waals surface area contributed by atoms with Crippen LogP contribution >= 0.6 is 23.1 Å². The van der Waals surface area contributed by atoms with Gasteiger partial charge in [0.1, 0.15) is 4.75 Å². The van der Waals surface area contributed by atoms with Gasteiger partial charge in [0.15, 0.2) is 5.52 Å². The Bertz CT molecular complexity index is 666. The molecule has 0 saturated carbocycles. The maximum absolute atomic E-state index is 11.2. The Labute approximate surface area is 116 Å². The summed E-state index contributed by atoms with van der Waals surface area (Å²) in [4.78, 5) is 26.1. The number of aliphatic carboxylic acids is 1. The molecule has 100 valence electrons. The van der Waals surface area contributed by atoms with E-state index in [0.717, 1.165) is 11.8 Å². The number of carbonyl (C=O) groups is 1. The molecule has 1 heterocycles. The fourth-order valence-electron chi connectivity index (χ4n) is 1.48. The van der Waals surface area contributed by atoms with Crippen LogP contribution < -0.4 is 0 Å². The zero-order valence-corrected chi connectivity index (χ0v) is 11.7. The van der Waals surface area contributed by atoms with Crippen molar-refractivity contribution in [2.45, 2.75) is 23.5 Å². The third kappa shape index (κ3) is 2.54. The maximum atomic E-state index is 11.2. The first kappa shape index (κ1) is 13.8. The second-order valence-electron chi connectivity index (χ2n) is 4.29. The van der Waals surface area contributed by atoms with Crippen LogP contribution in [0.3, 0.4) is 0 Å². The van der Waals surface area contributed by atoms with Gasteiger partial charge in [-0.05, 0) is 26.0 Å². The van der Waals surface area contributed by atoms with Crippen molar-refractivity contribution in [1.29, 1.82) is 0 Å². The Kier molecular flexibility index (Phi) is 3.46. The van der Waals surface area contributed by atoms with Gasteiger partial charge in [-0.15, -0.1) is 23.1 Å². The highest BCUT2D eigenvalue weighted by atomic mass is 32.2. The van der Waals surface area contributed by atoms with Crippen LogP contribution in [0.2, 0.25) is 0 Å². The molecule has 0 unspecified atom stereocenters. The molecule has 0 atom stereocenters. The molecule has 1 aromatic heterocycles. The van der Waals surface area contributed by atoms with Gasteiger partial charge in [-0.25, -0.2) is 4.98 Å². The van der Waals surface area contributed by atoms with Crippen molar-refractivity contribution in [3.8, 4) is 0 Å². The number of nitro benzene ring substituents is 1. The van der Waals surface area contributed by atoms with Crippen LogP contribution in [0.5, 0.6) is 0 Å². The summed E-state index contributed by atoms with van der Waals surface area (Å²) >= 11 is 2.26. The van der Waals surface area contributed by atoms with Crippen molar-refractivity contribution >= 4 is 45.0 Å². The number of rotatable bonds is 4. The van der Waals surface area contributed by atoms with E-state index in [2.05, 4.69) is 4.98 Å². The lowest BCUT2D eigenvalue weighted by atomic mass is 10.2. The van der Waals surface area contributed by atoms with Crippen LogP contribution in [0.1, 0.15) is 13.8 Å². The fourth-order valence-corrected chi connectivity index (χ4v) is 3.20. The quantitative estimate of drug-likeness (QED) is 0.529. The van der Waals surface area contributed by atoms with E-state index in [1.807, 2.05) is 0 Å². The predicted molar refractivity (Wildman–Crippen MR) is 73.8 cm³/mol. The summed E-state index contributed by atoms with van der Waals surface area (Å²) in [7, 11) is 0. The van der Waals surface area contributed by atoms with Gasteiger partial charge in [0.25, 0.3) is 0 Å². The number of fused-ring (bicyclic) bond motifs is 1. The van der Waals surface area contributed by atoms with Crippen molar-refractivity contribution < 1.29 is 14.8 Å². The van der Waals surface area contributed by atoms with Gasteiger partial charge in [0.05, 0.1) is 20.0 Å². The van der Waals surface area contributed by atoms with Crippen LogP contribution in [-0.4, -0.2) is 25.7 Å². The number of hydrogen-bond donors (Lipinski definition) is 1. The van der Waals surface area contributed by atoms with Gasteiger partial charge in [-0.3, -0.25) is 14.9 Å². The van der Waals surface area contributed by atoms with Gasteiger partial charge in [0.2, 0.25) is 0 Å². The summed E-state index contributed by atoms with van der Waals surface area (Å²) in [6, 6.07) is 3.30. The Morgan fingerprint density at radius 1 is 1.53 bits per heavy atom. The smallest absolute Gasteiger partial charge is 0.319 e. The largest absolute Gasteiger partial charge is 0.480 e. The minimum absolute atomic E-state index is 0.127. The highest BCUT2D eigenvalue weighted by Crippen LogP contribution is 2.42. The Morgan fingerprint density at radius 3 is 2.79 bits per heavy atom. The lowest BCUT2D eigenvalue weighted by Gasteiger charge is -2.18. The lowest BCUT2D eigenvalue weighted by Crippen LogP contribution is -2.27. The number of thiazole rings is 1. The second-order valence-corrected chi connectivity index (χ2v) is 6.84. The summed E-state index contributed by atoms with van der Waals surface area (Å²) in [6.07, 6.45) is 0. The molecule has 0 aliphatic carbocycles. The third-order valence-electron chi connectivity index (χ3n) is 2.50. The van der Waals surface area contributed by atoms with Crippen molar-refractivity contribution in [3.05, 3.63) is 27.8 Å². The summed E-state index contributed by atoms with van der Waals surface area (Å²) in [5, 5.41) is 20.3. The molecule has 6 nitrogen and oxygen atoms in total. The average molecular weight is 298 g/mol. The molecular weight excluding hydrogens is 288 g/mol. The Balaban J connectivity index is 2.57. The minimum atomic E-state index is -1.14. The van der Waals surface area contributed by atoms with Crippen LogP contribution in [-0.2, 0) is 4.79 Å². The lowest BCUT2D eigenvalue weighted by molar-refractivity contribution is -0.386. The van der Waals surface area contributed by atoms with Crippen molar-refractivity contribution in [2.24, 2.45) is 0 Å². The normalized spacial score (nSPS) is 11.7. The predicted octanol–water partition coefficient (Wildman–Crippen LogP) is 3.16. The Morgan fingerprint density at radius 2 is 2.21 bits per heavy atom. The number of nitro groups is 1. The average Bonchev–Trinajstić information content (AvgIpc) is 2.75. The molecule has 0 radical (unpaired) electrons. The standard InChI is InChI=1S/C11H10N2O4S2/c1-11(2,10(14)15)19-7-4-3-6-8(12-5-18-6)9(7)13(16)17/h3-5H,1-2H3,(H,14,15). The first-order valence-corrected chi connectivity index (χ1v) is 6.95. The molecule has 19 heavy (non-hydrogen) atoms. The molecule has 8 heteroatoms. The van der Waals surface area contributed by atoms with Gasteiger partial charge in [-0.1, -0.05) is 0 Å². The topological polar surface area (TPSA) is 93.3 Å². The van der Waals surface area contributed by atoms with Gasteiger partial charge in [-0.2, -0.15) is 0 Å². The summed E-state index contributed by atoms with van der Waals surface area (Å²) in [6.45, 7) is 3.02. The third-order valence-corrected chi connectivity index (χ3v) is 4.53. The van der Waals surface area contributed by atoms with E-state index < -0.39 is 15.6 Å². The summed E-state index contributed by atoms with van der Waals surface area (Å²) in [5.41, 5.74) is 1.72. The van der Waals surface area contributed by atoms with E-state index in [9.17, 15) is 14.9 Å². The highest BCUT2D eigenvalue weighted by molar-refractivity contribution is 8.01. The monoisotopic (exact) mass is 298 g/mol. The molecule has 2 aromatic rings. The van der Waals surface area contributed by atoms with E-state index in [1.54, 1.807) is 12.1 Å². The molecule has 0 amide bonds. The molecule has 0 spiro atoms. The van der Waals surface area contributed by atoms with E-state index in [1.165, 1.54) is 30.7 Å². The number of hydrogen-bond acceptors (Lipinski definition) is 6. The van der Waals surface area contributed by atoms with Crippen molar-refractivity contribution in [3.63, 3.8) is 0 Å². The first-order valence-electron chi connectivity index (χ1n) is 5.26. The SMILES string of the molecule is CC(C)(Sc1ccc2scnc2c1[N+](=O)[O-])C(=O)O. The van der Waals surface area contributed by atoms with Crippen molar-refractivity contribution in [2.75, 3.05) is 0 Å². The van der Waals surface area contributed by atoms with Crippen LogP contribution in [0.25, 0.3) is 10.2 Å².